The first-order valence-corrected chi connectivity index (χ1v) is 5.21. The minimum absolute atomic E-state index is 0.316. The molecule has 0 bridgehead atoms. The Hall–Kier alpha value is 0.0700. The molecule has 0 saturated heterocycles. The number of aromatic nitrogens is 1. The van der Waals surface area contributed by atoms with Gasteiger partial charge in [0.1, 0.15) is 0 Å². The van der Waals surface area contributed by atoms with Crippen molar-refractivity contribution in [2.45, 2.75) is 13.0 Å². The zero-order valence-electron chi connectivity index (χ0n) is 6.94. The first-order valence-electron chi connectivity index (χ1n) is 3.63. The molecule has 0 aliphatic carbocycles. The lowest BCUT2D eigenvalue weighted by Gasteiger charge is -2.13. The molecule has 0 aliphatic heterocycles. The summed E-state index contributed by atoms with van der Waals surface area (Å²) in [6.07, 6.45) is 3.60. The lowest BCUT2D eigenvalue weighted by Crippen LogP contribution is -2.13. The lowest BCUT2D eigenvalue weighted by atomic mass is 10.1. The van der Waals surface area contributed by atoms with Gasteiger partial charge in [-0.25, -0.2) is 0 Å². The lowest BCUT2D eigenvalue weighted by molar-refractivity contribution is 0.645. The van der Waals surface area contributed by atoms with Crippen LogP contribution in [0.25, 0.3) is 0 Å². The highest BCUT2D eigenvalue weighted by molar-refractivity contribution is 9.11. The molecular weight excluding hydrogens is 284 g/mol. The Kier molecular flexibility index (Phi) is 3.68. The molecule has 0 saturated carbocycles. The SMILES string of the molecule is CN[C@@H](C)c1c(Br)cncc1Br. The van der Waals surface area contributed by atoms with Gasteiger partial charge in [0.2, 0.25) is 0 Å². The standard InChI is InChI=1S/C8H10Br2N2/c1-5(11-2)8-6(9)3-12-4-7(8)10/h3-5,11H,1-2H3/t5-/m0/s1. The number of pyridine rings is 1. The minimum Gasteiger partial charge on any atom is -0.313 e. The molecule has 66 valence electrons. The number of hydrogen-bond acceptors (Lipinski definition) is 2. The van der Waals surface area contributed by atoms with E-state index in [-0.39, 0.29) is 0 Å². The summed E-state index contributed by atoms with van der Waals surface area (Å²) in [5, 5.41) is 3.18. The van der Waals surface area contributed by atoms with Crippen molar-refractivity contribution in [2.24, 2.45) is 0 Å². The average Bonchev–Trinajstić information content (AvgIpc) is 2.03. The highest BCUT2D eigenvalue weighted by atomic mass is 79.9. The predicted molar refractivity (Wildman–Crippen MR) is 57.1 cm³/mol. The van der Waals surface area contributed by atoms with Crippen LogP contribution in [-0.4, -0.2) is 12.0 Å². The van der Waals surface area contributed by atoms with E-state index in [1.165, 1.54) is 5.56 Å². The van der Waals surface area contributed by atoms with Gasteiger partial charge in [0.25, 0.3) is 0 Å². The molecule has 0 spiro atoms. The Morgan fingerprint density at radius 1 is 1.33 bits per heavy atom. The van der Waals surface area contributed by atoms with E-state index >= 15 is 0 Å². The van der Waals surface area contributed by atoms with E-state index in [1.54, 1.807) is 12.4 Å². The van der Waals surface area contributed by atoms with Crippen molar-refractivity contribution >= 4 is 31.9 Å². The van der Waals surface area contributed by atoms with E-state index in [2.05, 4.69) is 49.1 Å². The van der Waals surface area contributed by atoms with E-state index in [0.29, 0.717) is 6.04 Å². The molecule has 1 aromatic rings. The monoisotopic (exact) mass is 292 g/mol. The largest absolute Gasteiger partial charge is 0.313 e. The molecule has 0 aliphatic rings. The Bertz CT molecular complexity index is 256. The third-order valence-electron chi connectivity index (χ3n) is 1.76. The molecule has 0 aromatic carbocycles. The van der Waals surface area contributed by atoms with Gasteiger partial charge in [-0.3, -0.25) is 4.98 Å². The van der Waals surface area contributed by atoms with Crippen LogP contribution < -0.4 is 5.32 Å². The zero-order valence-corrected chi connectivity index (χ0v) is 10.1. The molecule has 1 rings (SSSR count). The van der Waals surface area contributed by atoms with E-state index in [9.17, 15) is 0 Å². The van der Waals surface area contributed by atoms with E-state index < -0.39 is 0 Å². The topological polar surface area (TPSA) is 24.9 Å². The molecule has 1 N–H and O–H groups in total. The van der Waals surface area contributed by atoms with Gasteiger partial charge in [0.15, 0.2) is 0 Å². The van der Waals surface area contributed by atoms with Gasteiger partial charge in [-0.15, -0.1) is 0 Å². The second kappa shape index (κ2) is 4.35. The third kappa shape index (κ3) is 2.06. The number of nitrogens with one attached hydrogen (secondary N) is 1. The highest BCUT2D eigenvalue weighted by Gasteiger charge is 2.10. The fourth-order valence-electron chi connectivity index (χ4n) is 0.979. The van der Waals surface area contributed by atoms with E-state index in [0.717, 1.165) is 8.95 Å². The molecule has 1 heterocycles. The van der Waals surface area contributed by atoms with Gasteiger partial charge < -0.3 is 5.32 Å². The molecule has 2 nitrogen and oxygen atoms in total. The second-order valence-corrected chi connectivity index (χ2v) is 4.24. The van der Waals surface area contributed by atoms with Gasteiger partial charge in [0.05, 0.1) is 0 Å². The molecule has 12 heavy (non-hydrogen) atoms. The van der Waals surface area contributed by atoms with Gasteiger partial charge in [-0.1, -0.05) is 0 Å². The van der Waals surface area contributed by atoms with Crippen LogP contribution in [0.3, 0.4) is 0 Å². The van der Waals surface area contributed by atoms with E-state index in [4.69, 9.17) is 0 Å². The molecule has 0 radical (unpaired) electrons. The molecule has 0 amide bonds. The van der Waals surface area contributed by atoms with Gasteiger partial charge in [0, 0.05) is 32.9 Å². The van der Waals surface area contributed by atoms with Crippen molar-refractivity contribution in [1.29, 1.82) is 0 Å². The van der Waals surface area contributed by atoms with Crippen LogP contribution >= 0.6 is 31.9 Å². The summed E-state index contributed by atoms with van der Waals surface area (Å²) in [6, 6.07) is 0.316. The highest BCUT2D eigenvalue weighted by Crippen LogP contribution is 2.29. The maximum Gasteiger partial charge on any atom is 0.0417 e. The van der Waals surface area contributed by atoms with Crippen LogP contribution in [0.1, 0.15) is 18.5 Å². The summed E-state index contributed by atoms with van der Waals surface area (Å²) >= 11 is 6.91. The Labute approximate surface area is 89.0 Å². The summed E-state index contributed by atoms with van der Waals surface area (Å²) < 4.78 is 2.05. The summed E-state index contributed by atoms with van der Waals surface area (Å²) in [7, 11) is 1.93. The number of halogens is 2. The van der Waals surface area contributed by atoms with Crippen LogP contribution in [-0.2, 0) is 0 Å². The number of rotatable bonds is 2. The second-order valence-electron chi connectivity index (χ2n) is 2.53. The van der Waals surface area contributed by atoms with Gasteiger partial charge in [-0.05, 0) is 45.8 Å². The first-order chi connectivity index (χ1) is 5.66. The molecule has 1 aromatic heterocycles. The van der Waals surface area contributed by atoms with Crippen molar-refractivity contribution < 1.29 is 0 Å². The zero-order chi connectivity index (χ0) is 9.14. The maximum atomic E-state index is 4.04. The normalized spacial score (nSPS) is 13.0. The third-order valence-corrected chi connectivity index (χ3v) is 3.02. The first kappa shape index (κ1) is 10.2. The predicted octanol–water partition coefficient (Wildman–Crippen LogP) is 2.89. The number of hydrogen-bond donors (Lipinski definition) is 1. The van der Waals surface area contributed by atoms with Crippen LogP contribution in [0.5, 0.6) is 0 Å². The van der Waals surface area contributed by atoms with Crippen molar-refractivity contribution in [3.8, 4) is 0 Å². The van der Waals surface area contributed by atoms with Crippen molar-refractivity contribution in [1.82, 2.24) is 10.3 Å². The Balaban J connectivity index is 3.12. The molecular formula is C8H10Br2N2. The van der Waals surface area contributed by atoms with Gasteiger partial charge >= 0.3 is 0 Å². The van der Waals surface area contributed by atoms with E-state index in [1.807, 2.05) is 7.05 Å². The Morgan fingerprint density at radius 2 is 1.83 bits per heavy atom. The fraction of sp³-hybridized carbons (Fsp3) is 0.375. The quantitative estimate of drug-likeness (QED) is 0.907. The van der Waals surface area contributed by atoms with Gasteiger partial charge in [-0.2, -0.15) is 0 Å². The maximum absolute atomic E-state index is 4.04. The van der Waals surface area contributed by atoms with Crippen LogP contribution in [0.2, 0.25) is 0 Å². The Morgan fingerprint density at radius 3 is 2.25 bits per heavy atom. The average molecular weight is 294 g/mol. The van der Waals surface area contributed by atoms with Crippen molar-refractivity contribution in [2.75, 3.05) is 7.05 Å². The molecule has 1 atom stereocenters. The molecule has 4 heteroatoms. The summed E-state index contributed by atoms with van der Waals surface area (Å²) in [5.74, 6) is 0. The van der Waals surface area contributed by atoms with Crippen LogP contribution in [0.15, 0.2) is 21.3 Å². The minimum atomic E-state index is 0.316. The fourth-order valence-corrected chi connectivity index (χ4v) is 2.60. The molecule has 0 unspecified atom stereocenters. The molecule has 0 fully saturated rings. The summed E-state index contributed by atoms with van der Waals surface area (Å²) in [6.45, 7) is 2.10. The van der Waals surface area contributed by atoms with Crippen LogP contribution in [0.4, 0.5) is 0 Å². The van der Waals surface area contributed by atoms with Crippen molar-refractivity contribution in [3.05, 3.63) is 26.9 Å². The van der Waals surface area contributed by atoms with Crippen LogP contribution in [0, 0.1) is 0 Å². The summed E-state index contributed by atoms with van der Waals surface area (Å²) in [4.78, 5) is 4.04. The number of nitrogens with zero attached hydrogens (tertiary/aromatic N) is 1. The smallest absolute Gasteiger partial charge is 0.0417 e. The summed E-state index contributed by atoms with van der Waals surface area (Å²) in [5.41, 5.74) is 1.20. The van der Waals surface area contributed by atoms with Crippen molar-refractivity contribution in [3.63, 3.8) is 0 Å².